The maximum Gasteiger partial charge on any atom is 0.310 e. The van der Waals surface area contributed by atoms with E-state index in [2.05, 4.69) is 38.1 Å². The topological polar surface area (TPSA) is 63.2 Å². The largest absolute Gasteiger partial charge is 0.492 e. The van der Waals surface area contributed by atoms with Crippen molar-refractivity contribution in [2.24, 2.45) is 16.8 Å². The van der Waals surface area contributed by atoms with Crippen LogP contribution in [0.5, 0.6) is 5.75 Å². The van der Waals surface area contributed by atoms with Gasteiger partial charge in [-0.05, 0) is 30.2 Å². The molecule has 0 spiro atoms. The monoisotopic (exact) mass is 397 g/mol. The van der Waals surface area contributed by atoms with E-state index in [0.717, 1.165) is 22.7 Å². The molecule has 0 radical (unpaired) electrons. The number of nitrogens with zero attached hydrogens (tertiary/aromatic N) is 2. The highest BCUT2D eigenvalue weighted by Gasteiger charge is 2.36. The number of halogens is 1. The molecule has 1 heterocycles. The van der Waals surface area contributed by atoms with Crippen LogP contribution in [-0.4, -0.2) is 57.2 Å². The SMILES string of the molecule is CN=C(NCCOc1ccc(Br)cc1)N1CC(C)C(C(=O)OC)C1. The second kappa shape index (κ2) is 8.92. The molecule has 1 saturated heterocycles. The molecule has 0 aliphatic carbocycles. The number of likely N-dealkylation sites (tertiary alicyclic amines) is 1. The summed E-state index contributed by atoms with van der Waals surface area (Å²) in [4.78, 5) is 18.2. The molecule has 2 unspecified atom stereocenters. The molecule has 1 fully saturated rings. The van der Waals surface area contributed by atoms with Crippen LogP contribution in [0.15, 0.2) is 33.7 Å². The number of rotatable bonds is 5. The van der Waals surface area contributed by atoms with Crippen LogP contribution in [0.1, 0.15) is 6.92 Å². The molecule has 0 bridgehead atoms. The highest BCUT2D eigenvalue weighted by Crippen LogP contribution is 2.24. The van der Waals surface area contributed by atoms with Gasteiger partial charge in [-0.15, -0.1) is 0 Å². The molecular weight excluding hydrogens is 374 g/mol. The number of hydrogen-bond donors (Lipinski definition) is 1. The second-order valence-corrected chi connectivity index (χ2v) is 6.70. The lowest BCUT2D eigenvalue weighted by molar-refractivity contribution is -0.145. The van der Waals surface area contributed by atoms with Crippen LogP contribution in [-0.2, 0) is 9.53 Å². The third kappa shape index (κ3) is 4.87. The summed E-state index contributed by atoms with van der Waals surface area (Å²) in [7, 11) is 3.18. The maximum atomic E-state index is 11.8. The van der Waals surface area contributed by atoms with Crippen molar-refractivity contribution < 1.29 is 14.3 Å². The van der Waals surface area contributed by atoms with Gasteiger partial charge in [0.25, 0.3) is 0 Å². The van der Waals surface area contributed by atoms with Gasteiger partial charge in [-0.25, -0.2) is 0 Å². The van der Waals surface area contributed by atoms with Crippen molar-refractivity contribution in [3.05, 3.63) is 28.7 Å². The van der Waals surface area contributed by atoms with Crippen molar-refractivity contribution in [3.63, 3.8) is 0 Å². The van der Waals surface area contributed by atoms with Gasteiger partial charge < -0.3 is 19.7 Å². The lowest BCUT2D eigenvalue weighted by Crippen LogP contribution is -2.42. The number of esters is 1. The number of carbonyl (C=O) groups is 1. The molecule has 1 aromatic rings. The van der Waals surface area contributed by atoms with Crippen molar-refractivity contribution in [3.8, 4) is 5.75 Å². The van der Waals surface area contributed by atoms with E-state index in [4.69, 9.17) is 9.47 Å². The summed E-state index contributed by atoms with van der Waals surface area (Å²) in [6, 6.07) is 7.73. The standard InChI is InChI=1S/C17H24BrN3O3/c1-12-10-21(11-15(12)16(22)23-3)17(19-2)20-8-9-24-14-6-4-13(18)5-7-14/h4-7,12,15H,8-11H2,1-3H3,(H,19,20). The van der Waals surface area contributed by atoms with Crippen LogP contribution in [0.2, 0.25) is 0 Å². The summed E-state index contributed by atoms with van der Waals surface area (Å²) in [6.07, 6.45) is 0. The van der Waals surface area contributed by atoms with E-state index in [1.54, 1.807) is 7.05 Å². The Labute approximate surface area is 151 Å². The van der Waals surface area contributed by atoms with Crippen LogP contribution in [0, 0.1) is 11.8 Å². The second-order valence-electron chi connectivity index (χ2n) is 5.79. The number of benzene rings is 1. The number of hydrogen-bond acceptors (Lipinski definition) is 4. The van der Waals surface area contributed by atoms with Crippen LogP contribution < -0.4 is 10.1 Å². The first-order valence-electron chi connectivity index (χ1n) is 7.97. The van der Waals surface area contributed by atoms with Gasteiger partial charge >= 0.3 is 5.97 Å². The van der Waals surface area contributed by atoms with Gasteiger partial charge in [0.15, 0.2) is 5.96 Å². The summed E-state index contributed by atoms with van der Waals surface area (Å²) in [5.41, 5.74) is 0. The fraction of sp³-hybridized carbons (Fsp3) is 0.529. The molecular formula is C17H24BrN3O3. The maximum absolute atomic E-state index is 11.8. The Morgan fingerprint density at radius 1 is 1.38 bits per heavy atom. The Bertz CT molecular complexity index is 577. The zero-order valence-electron chi connectivity index (χ0n) is 14.3. The van der Waals surface area contributed by atoms with Crippen molar-refractivity contribution in [1.29, 1.82) is 0 Å². The molecule has 132 valence electrons. The first-order chi connectivity index (χ1) is 11.5. The van der Waals surface area contributed by atoms with Gasteiger partial charge in [0.1, 0.15) is 12.4 Å². The normalized spacial score (nSPS) is 20.8. The molecule has 2 atom stereocenters. The fourth-order valence-corrected chi connectivity index (χ4v) is 3.06. The smallest absolute Gasteiger partial charge is 0.310 e. The first kappa shape index (κ1) is 18.6. The number of ether oxygens (including phenoxy) is 2. The summed E-state index contributed by atoms with van der Waals surface area (Å²) in [6.45, 7) is 4.64. The fourth-order valence-electron chi connectivity index (χ4n) is 2.79. The minimum Gasteiger partial charge on any atom is -0.492 e. The van der Waals surface area contributed by atoms with E-state index in [9.17, 15) is 4.79 Å². The average molecular weight is 398 g/mol. The Balaban J connectivity index is 1.78. The van der Waals surface area contributed by atoms with Crippen LogP contribution in [0.25, 0.3) is 0 Å². The Morgan fingerprint density at radius 2 is 2.08 bits per heavy atom. The van der Waals surface area contributed by atoms with Gasteiger partial charge in [0, 0.05) is 24.6 Å². The molecule has 7 heteroatoms. The third-order valence-corrected chi connectivity index (χ3v) is 4.62. The molecule has 0 saturated carbocycles. The van der Waals surface area contributed by atoms with Crippen molar-refractivity contribution >= 4 is 27.9 Å². The Morgan fingerprint density at radius 3 is 2.71 bits per heavy atom. The van der Waals surface area contributed by atoms with Gasteiger partial charge in [-0.1, -0.05) is 22.9 Å². The van der Waals surface area contributed by atoms with E-state index in [-0.39, 0.29) is 17.8 Å². The predicted molar refractivity (Wildman–Crippen MR) is 97.2 cm³/mol. The molecule has 0 amide bonds. The number of carbonyl (C=O) groups excluding carboxylic acids is 1. The van der Waals surface area contributed by atoms with E-state index in [0.29, 0.717) is 19.7 Å². The van der Waals surface area contributed by atoms with Gasteiger partial charge in [0.2, 0.25) is 0 Å². The molecule has 24 heavy (non-hydrogen) atoms. The quantitative estimate of drug-likeness (QED) is 0.357. The number of aliphatic imine (C=N–C) groups is 1. The van der Waals surface area contributed by atoms with Crippen molar-refractivity contribution in [2.45, 2.75) is 6.92 Å². The van der Waals surface area contributed by atoms with Gasteiger partial charge in [0.05, 0.1) is 19.6 Å². The minimum absolute atomic E-state index is 0.104. The molecule has 1 aliphatic heterocycles. The van der Waals surface area contributed by atoms with Crippen LogP contribution in [0.4, 0.5) is 0 Å². The lowest BCUT2D eigenvalue weighted by atomic mass is 9.99. The summed E-state index contributed by atoms with van der Waals surface area (Å²) >= 11 is 3.40. The number of guanidine groups is 1. The molecule has 1 N–H and O–H groups in total. The number of methoxy groups -OCH3 is 1. The Kier molecular flexibility index (Phi) is 6.90. The van der Waals surface area contributed by atoms with Gasteiger partial charge in [-0.2, -0.15) is 0 Å². The molecule has 2 rings (SSSR count). The molecule has 6 nitrogen and oxygen atoms in total. The molecule has 1 aliphatic rings. The van der Waals surface area contributed by atoms with E-state index < -0.39 is 0 Å². The highest BCUT2D eigenvalue weighted by atomic mass is 79.9. The van der Waals surface area contributed by atoms with Crippen LogP contribution >= 0.6 is 15.9 Å². The summed E-state index contributed by atoms with van der Waals surface area (Å²) in [5, 5.41) is 3.28. The van der Waals surface area contributed by atoms with E-state index >= 15 is 0 Å². The van der Waals surface area contributed by atoms with Crippen molar-refractivity contribution in [2.75, 3.05) is 40.4 Å². The Hall–Kier alpha value is -1.76. The zero-order valence-corrected chi connectivity index (χ0v) is 15.9. The molecule has 0 aromatic heterocycles. The van der Waals surface area contributed by atoms with Crippen molar-refractivity contribution in [1.82, 2.24) is 10.2 Å². The average Bonchev–Trinajstić information content (AvgIpc) is 2.97. The summed E-state index contributed by atoms with van der Waals surface area (Å²) in [5.74, 6) is 1.60. The first-order valence-corrected chi connectivity index (χ1v) is 8.76. The number of nitrogens with one attached hydrogen (secondary N) is 1. The summed E-state index contributed by atoms with van der Waals surface area (Å²) < 4.78 is 11.6. The highest BCUT2D eigenvalue weighted by molar-refractivity contribution is 9.10. The minimum atomic E-state index is -0.154. The third-order valence-electron chi connectivity index (χ3n) is 4.10. The van der Waals surface area contributed by atoms with E-state index in [1.807, 2.05) is 24.3 Å². The zero-order chi connectivity index (χ0) is 17.5. The van der Waals surface area contributed by atoms with E-state index in [1.165, 1.54) is 7.11 Å². The lowest BCUT2D eigenvalue weighted by Gasteiger charge is -2.21. The van der Waals surface area contributed by atoms with Gasteiger partial charge in [-0.3, -0.25) is 9.79 Å². The predicted octanol–water partition coefficient (Wildman–Crippen LogP) is 2.14. The molecule has 1 aromatic carbocycles. The van der Waals surface area contributed by atoms with Crippen LogP contribution in [0.3, 0.4) is 0 Å².